The van der Waals surface area contributed by atoms with Crippen molar-refractivity contribution in [2.24, 2.45) is 0 Å². The topological polar surface area (TPSA) is 154 Å². The van der Waals surface area contributed by atoms with Gasteiger partial charge in [-0.05, 0) is 24.3 Å². The van der Waals surface area contributed by atoms with Gasteiger partial charge in [0.15, 0.2) is 18.1 Å². The highest BCUT2D eigenvalue weighted by atomic mass is 19.4. The van der Waals surface area contributed by atoms with Crippen molar-refractivity contribution in [3.63, 3.8) is 0 Å². The summed E-state index contributed by atoms with van der Waals surface area (Å²) < 4.78 is 41.1. The number of ether oxygens (including phenoxy) is 1. The van der Waals surface area contributed by atoms with Gasteiger partial charge in [0.25, 0.3) is 5.91 Å². The minimum atomic E-state index is -4.54. The first-order chi connectivity index (χ1) is 14.7. The molecule has 0 aliphatic carbocycles. The Bertz CT molecular complexity index is 1080. The zero-order chi connectivity index (χ0) is 22.4. The van der Waals surface area contributed by atoms with Crippen LogP contribution in [0.5, 0.6) is 5.88 Å². The number of hydrogen-bond acceptors (Lipinski definition) is 9. The summed E-state index contributed by atoms with van der Waals surface area (Å²) in [6, 6.07) is 6.65. The second-order valence-corrected chi connectivity index (χ2v) is 6.13. The van der Waals surface area contributed by atoms with Gasteiger partial charge in [0, 0.05) is 18.1 Å². The average Bonchev–Trinajstić information content (AvgIpc) is 2.71. The SMILES string of the molecule is Nc1ncccc1NCc1cc(NC(=O)c2ncc(OCC(F)(F)F)nc2N)ccn1. The Morgan fingerprint density at radius 1 is 1.10 bits per heavy atom. The van der Waals surface area contributed by atoms with Crippen LogP contribution in [-0.2, 0) is 6.54 Å². The molecular formula is C18H17F3N8O2. The van der Waals surface area contributed by atoms with Gasteiger partial charge in [0.2, 0.25) is 5.88 Å². The van der Waals surface area contributed by atoms with Crippen molar-refractivity contribution in [3.8, 4) is 5.88 Å². The summed E-state index contributed by atoms with van der Waals surface area (Å²) in [6.45, 7) is -1.24. The van der Waals surface area contributed by atoms with Crippen molar-refractivity contribution in [2.75, 3.05) is 28.7 Å². The molecule has 10 nitrogen and oxygen atoms in total. The molecular weight excluding hydrogens is 417 g/mol. The molecule has 31 heavy (non-hydrogen) atoms. The number of anilines is 4. The molecule has 0 unspecified atom stereocenters. The van der Waals surface area contributed by atoms with E-state index in [2.05, 4.69) is 35.3 Å². The number of nitrogens with zero attached hydrogens (tertiary/aromatic N) is 4. The van der Waals surface area contributed by atoms with E-state index in [1.165, 1.54) is 6.20 Å². The van der Waals surface area contributed by atoms with Crippen molar-refractivity contribution < 1.29 is 22.7 Å². The fourth-order valence-corrected chi connectivity index (χ4v) is 2.38. The average molecular weight is 434 g/mol. The summed E-state index contributed by atoms with van der Waals surface area (Å²) >= 11 is 0. The molecule has 0 bridgehead atoms. The first kappa shape index (κ1) is 21.5. The minimum Gasteiger partial charge on any atom is -0.467 e. The summed E-state index contributed by atoms with van der Waals surface area (Å²) in [5.74, 6) is -1.18. The standard InChI is InChI=1S/C18H17F3N8O2/c19-18(20,21)9-31-13-8-27-14(16(23)29-13)17(30)28-10-3-5-24-11(6-10)7-26-12-2-1-4-25-15(12)22/h1-6,8,26H,7,9H2,(H2,22,25)(H2,23,29)(H,24,28,30). The number of nitrogens with one attached hydrogen (secondary N) is 2. The molecule has 3 aromatic rings. The molecule has 0 aromatic carbocycles. The minimum absolute atomic E-state index is 0.265. The first-order valence-electron chi connectivity index (χ1n) is 8.74. The lowest BCUT2D eigenvalue weighted by Gasteiger charge is -2.11. The lowest BCUT2D eigenvalue weighted by molar-refractivity contribution is -0.154. The number of alkyl halides is 3. The molecule has 3 aromatic heterocycles. The molecule has 0 spiro atoms. The third-order valence-electron chi connectivity index (χ3n) is 3.75. The number of halogens is 3. The van der Waals surface area contributed by atoms with E-state index in [0.717, 1.165) is 6.20 Å². The van der Waals surface area contributed by atoms with E-state index >= 15 is 0 Å². The van der Waals surface area contributed by atoms with Crippen LogP contribution in [0.1, 0.15) is 16.2 Å². The molecule has 6 N–H and O–H groups in total. The fourth-order valence-electron chi connectivity index (χ4n) is 2.38. The Labute approximate surface area is 173 Å². The third kappa shape index (κ3) is 6.16. The van der Waals surface area contributed by atoms with Crippen LogP contribution in [0.25, 0.3) is 0 Å². The summed E-state index contributed by atoms with van der Waals surface area (Å²) in [4.78, 5) is 28.0. The molecule has 0 aliphatic heterocycles. The van der Waals surface area contributed by atoms with Gasteiger partial charge < -0.3 is 26.8 Å². The summed E-state index contributed by atoms with van der Waals surface area (Å²) in [5, 5.41) is 5.66. The van der Waals surface area contributed by atoms with E-state index in [9.17, 15) is 18.0 Å². The maximum atomic E-state index is 12.4. The van der Waals surface area contributed by atoms with Crippen LogP contribution in [0, 0.1) is 0 Å². The summed E-state index contributed by atoms with van der Waals surface area (Å²) in [5.41, 5.74) is 12.8. The van der Waals surface area contributed by atoms with E-state index in [0.29, 0.717) is 29.4 Å². The van der Waals surface area contributed by atoms with Gasteiger partial charge >= 0.3 is 6.18 Å². The highest BCUT2D eigenvalue weighted by Crippen LogP contribution is 2.19. The van der Waals surface area contributed by atoms with Crippen LogP contribution in [0.2, 0.25) is 0 Å². The second kappa shape index (κ2) is 9.11. The van der Waals surface area contributed by atoms with Crippen molar-refractivity contribution in [2.45, 2.75) is 12.7 Å². The van der Waals surface area contributed by atoms with Gasteiger partial charge in [-0.3, -0.25) is 9.78 Å². The van der Waals surface area contributed by atoms with Crippen molar-refractivity contribution in [1.82, 2.24) is 19.9 Å². The zero-order valence-electron chi connectivity index (χ0n) is 15.8. The van der Waals surface area contributed by atoms with Crippen LogP contribution in [0.3, 0.4) is 0 Å². The zero-order valence-corrected chi connectivity index (χ0v) is 15.8. The Morgan fingerprint density at radius 2 is 1.90 bits per heavy atom. The number of carbonyl (C=O) groups is 1. The van der Waals surface area contributed by atoms with Crippen molar-refractivity contribution in [3.05, 3.63) is 54.2 Å². The number of amides is 1. The number of aromatic nitrogens is 4. The number of hydrogen-bond donors (Lipinski definition) is 4. The molecule has 1 amide bonds. The molecule has 3 heterocycles. The number of nitrogen functional groups attached to an aromatic ring is 2. The highest BCUT2D eigenvalue weighted by Gasteiger charge is 2.29. The number of pyridine rings is 2. The van der Waals surface area contributed by atoms with Crippen molar-refractivity contribution >= 4 is 28.9 Å². The first-order valence-corrected chi connectivity index (χ1v) is 8.74. The fraction of sp³-hybridized carbons (Fsp3) is 0.167. The van der Waals surface area contributed by atoms with Crippen molar-refractivity contribution in [1.29, 1.82) is 0 Å². The molecule has 0 saturated heterocycles. The van der Waals surface area contributed by atoms with Gasteiger partial charge in [-0.2, -0.15) is 18.2 Å². The molecule has 0 atom stereocenters. The monoisotopic (exact) mass is 434 g/mol. The maximum Gasteiger partial charge on any atom is 0.422 e. The third-order valence-corrected chi connectivity index (χ3v) is 3.75. The Hall–Kier alpha value is -4.16. The molecule has 0 saturated carbocycles. The number of nitrogens with two attached hydrogens (primary N) is 2. The lowest BCUT2D eigenvalue weighted by Crippen LogP contribution is -2.21. The molecule has 3 rings (SSSR count). The van der Waals surface area contributed by atoms with Gasteiger partial charge in [-0.15, -0.1) is 0 Å². The van der Waals surface area contributed by atoms with Crippen LogP contribution >= 0.6 is 0 Å². The highest BCUT2D eigenvalue weighted by molar-refractivity contribution is 6.05. The second-order valence-electron chi connectivity index (χ2n) is 6.13. The van der Waals surface area contributed by atoms with Crippen LogP contribution in [0.4, 0.5) is 36.2 Å². The van der Waals surface area contributed by atoms with Gasteiger partial charge in [-0.1, -0.05) is 0 Å². The summed E-state index contributed by atoms with van der Waals surface area (Å²) in [6.07, 6.45) is -0.596. The maximum absolute atomic E-state index is 12.4. The van der Waals surface area contributed by atoms with Crippen LogP contribution in [0.15, 0.2) is 42.9 Å². The van der Waals surface area contributed by atoms with E-state index in [1.54, 1.807) is 30.5 Å². The smallest absolute Gasteiger partial charge is 0.422 e. The number of carbonyl (C=O) groups excluding carboxylic acids is 1. The van der Waals surface area contributed by atoms with Gasteiger partial charge in [-0.25, -0.2) is 9.97 Å². The molecule has 0 fully saturated rings. The van der Waals surface area contributed by atoms with Gasteiger partial charge in [0.1, 0.15) is 5.82 Å². The van der Waals surface area contributed by atoms with E-state index in [4.69, 9.17) is 11.5 Å². The van der Waals surface area contributed by atoms with E-state index in [1.807, 2.05) is 0 Å². The predicted octanol–water partition coefficient (Wildman–Crippen LogP) is 2.24. The molecule has 0 aliphatic rings. The lowest BCUT2D eigenvalue weighted by atomic mass is 10.3. The van der Waals surface area contributed by atoms with Gasteiger partial charge in [0.05, 0.1) is 24.1 Å². The number of rotatable bonds is 7. The summed E-state index contributed by atoms with van der Waals surface area (Å²) in [7, 11) is 0. The Balaban J connectivity index is 1.64. The van der Waals surface area contributed by atoms with E-state index < -0.39 is 24.6 Å². The Kier molecular flexibility index (Phi) is 6.33. The Morgan fingerprint density at radius 3 is 2.61 bits per heavy atom. The normalized spacial score (nSPS) is 11.1. The molecule has 13 heteroatoms. The quantitative estimate of drug-likeness (QED) is 0.438. The predicted molar refractivity (Wildman–Crippen MR) is 106 cm³/mol. The van der Waals surface area contributed by atoms with Crippen LogP contribution in [-0.4, -0.2) is 38.6 Å². The molecule has 0 radical (unpaired) electrons. The largest absolute Gasteiger partial charge is 0.467 e. The molecule has 162 valence electrons. The van der Waals surface area contributed by atoms with Crippen LogP contribution < -0.4 is 26.8 Å². The van der Waals surface area contributed by atoms with E-state index in [-0.39, 0.29) is 11.5 Å².